The second-order valence-electron chi connectivity index (χ2n) is 17.2. The molecule has 380 valence electrons. The van der Waals surface area contributed by atoms with E-state index in [0.29, 0.717) is 70.0 Å². The van der Waals surface area contributed by atoms with E-state index >= 15 is 0 Å². The molecule has 0 saturated carbocycles. The number of carbonyl (C=O) groups excluding carboxylic acids is 4. The first-order valence-electron chi connectivity index (χ1n) is 25.1. The summed E-state index contributed by atoms with van der Waals surface area (Å²) >= 11 is 7.09. The van der Waals surface area contributed by atoms with Gasteiger partial charge in [-0.1, -0.05) is 78.1 Å². The summed E-state index contributed by atoms with van der Waals surface area (Å²) in [6.45, 7) is 5.74. The fourth-order valence-electron chi connectivity index (χ4n) is 7.23. The standard InChI is InChI=1S/C56H72O10S4/c1-3-5-7-9-11-13-33-61-47-25-17-43(18-26-47)53(57)63-49-29-21-45(22-30-49)55(59)65-51-39-67-35-15-37-69-41-52(42-70-38-16-36-68-40-51)66-56(60)46-23-31-50(32-24-46)64-54(58)44-19-27-48(28-20-44)62-34-14-12-10-8-6-4-2/h17-32,51-52H,3-16,33-42H2,1-2H3. The molecule has 1 aliphatic rings. The van der Waals surface area contributed by atoms with Gasteiger partial charge in [-0.25, -0.2) is 19.2 Å². The van der Waals surface area contributed by atoms with Crippen LogP contribution in [0.25, 0.3) is 0 Å². The van der Waals surface area contributed by atoms with Crippen LogP contribution in [0.1, 0.15) is 145 Å². The highest BCUT2D eigenvalue weighted by molar-refractivity contribution is 8.01. The molecule has 14 heteroatoms. The van der Waals surface area contributed by atoms with E-state index in [-0.39, 0.29) is 12.2 Å². The van der Waals surface area contributed by atoms with Gasteiger partial charge < -0.3 is 28.4 Å². The zero-order chi connectivity index (χ0) is 49.4. The Labute approximate surface area is 433 Å². The second-order valence-corrected chi connectivity index (χ2v) is 21.8. The predicted molar refractivity (Wildman–Crippen MR) is 290 cm³/mol. The topological polar surface area (TPSA) is 124 Å². The molecule has 1 saturated heterocycles. The number of benzene rings is 4. The van der Waals surface area contributed by atoms with Crippen molar-refractivity contribution in [2.75, 3.05) is 59.2 Å². The number of rotatable bonds is 24. The Hall–Kier alpha value is -4.24. The van der Waals surface area contributed by atoms with Gasteiger partial charge >= 0.3 is 23.9 Å². The zero-order valence-corrected chi connectivity index (χ0v) is 44.3. The summed E-state index contributed by atoms with van der Waals surface area (Å²) in [5.41, 5.74) is 1.63. The van der Waals surface area contributed by atoms with Crippen molar-refractivity contribution in [1.82, 2.24) is 0 Å². The van der Waals surface area contributed by atoms with Gasteiger partial charge in [0.2, 0.25) is 0 Å². The highest BCUT2D eigenvalue weighted by atomic mass is 32.2. The lowest BCUT2D eigenvalue weighted by atomic mass is 10.1. The molecule has 0 atom stereocenters. The van der Waals surface area contributed by atoms with Crippen LogP contribution in [0.5, 0.6) is 23.0 Å². The molecule has 0 amide bonds. The maximum atomic E-state index is 13.2. The number of hydrogen-bond donors (Lipinski definition) is 0. The molecule has 0 aliphatic carbocycles. The number of hydrogen-bond acceptors (Lipinski definition) is 14. The molecule has 0 N–H and O–H groups in total. The summed E-state index contributed by atoms with van der Waals surface area (Å²) in [5, 5.41) is 0. The van der Waals surface area contributed by atoms with E-state index in [1.807, 2.05) is 0 Å². The molecule has 4 aromatic carbocycles. The number of esters is 4. The van der Waals surface area contributed by atoms with E-state index < -0.39 is 23.9 Å². The summed E-state index contributed by atoms with van der Waals surface area (Å²) in [5.74, 6) is 6.78. The molecule has 10 nitrogen and oxygen atoms in total. The van der Waals surface area contributed by atoms with E-state index in [1.165, 1.54) is 51.4 Å². The van der Waals surface area contributed by atoms with Crippen LogP contribution in [-0.2, 0) is 9.47 Å². The Balaban J connectivity index is 0.981. The van der Waals surface area contributed by atoms with Gasteiger partial charge in [0.1, 0.15) is 35.2 Å². The monoisotopic (exact) mass is 1030 g/mol. The van der Waals surface area contributed by atoms with Gasteiger partial charge in [-0.15, -0.1) is 0 Å². The average molecular weight is 1030 g/mol. The van der Waals surface area contributed by atoms with Crippen LogP contribution in [0.3, 0.4) is 0 Å². The first-order chi connectivity index (χ1) is 34.3. The minimum atomic E-state index is -0.485. The van der Waals surface area contributed by atoms with Gasteiger partial charge in [-0.3, -0.25) is 0 Å². The smallest absolute Gasteiger partial charge is 0.343 e. The number of carbonyl (C=O) groups is 4. The highest BCUT2D eigenvalue weighted by Gasteiger charge is 2.20. The van der Waals surface area contributed by atoms with Crippen LogP contribution in [0.15, 0.2) is 97.1 Å². The number of unbranched alkanes of at least 4 members (excludes halogenated alkanes) is 10. The average Bonchev–Trinajstić information content (AvgIpc) is 3.37. The van der Waals surface area contributed by atoms with Crippen LogP contribution < -0.4 is 18.9 Å². The van der Waals surface area contributed by atoms with Crippen molar-refractivity contribution in [2.45, 2.75) is 116 Å². The van der Waals surface area contributed by atoms with Gasteiger partial charge in [-0.2, -0.15) is 47.0 Å². The SMILES string of the molecule is CCCCCCCCOc1ccc(C(=O)Oc2ccc(C(=O)OC3CSCCCSCC(OC(=O)c4ccc(OC(=O)c5ccc(OCCCCCCCC)cc5)cc4)CSCCCSC3)cc2)cc1. The molecule has 5 rings (SSSR count). The van der Waals surface area contributed by atoms with Crippen molar-refractivity contribution in [2.24, 2.45) is 0 Å². The number of ether oxygens (including phenoxy) is 6. The lowest BCUT2D eigenvalue weighted by molar-refractivity contribution is 0.0384. The van der Waals surface area contributed by atoms with Crippen molar-refractivity contribution in [3.05, 3.63) is 119 Å². The number of thioether (sulfide) groups is 4. The van der Waals surface area contributed by atoms with E-state index in [4.69, 9.17) is 28.4 Å². The maximum absolute atomic E-state index is 13.2. The van der Waals surface area contributed by atoms with E-state index in [9.17, 15) is 19.2 Å². The predicted octanol–water partition coefficient (Wildman–Crippen LogP) is 14.1. The fourth-order valence-corrected chi connectivity index (χ4v) is 11.7. The lowest BCUT2D eigenvalue weighted by Gasteiger charge is -2.19. The molecule has 4 aromatic rings. The normalized spacial score (nSPS) is 16.1. The molecule has 0 bridgehead atoms. The van der Waals surface area contributed by atoms with Gasteiger partial charge in [0, 0.05) is 23.0 Å². The van der Waals surface area contributed by atoms with Gasteiger partial charge in [0.25, 0.3) is 0 Å². The molecule has 1 aliphatic heterocycles. The molecule has 1 fully saturated rings. The Kier molecular flexibility index (Phi) is 27.7. The minimum absolute atomic E-state index is 0.243. The van der Waals surface area contributed by atoms with Crippen molar-refractivity contribution in [3.63, 3.8) is 0 Å². The Morgan fingerprint density at radius 3 is 1.00 bits per heavy atom. The molecule has 0 spiro atoms. The van der Waals surface area contributed by atoms with Crippen LogP contribution in [-0.4, -0.2) is 95.3 Å². The lowest BCUT2D eigenvalue weighted by Crippen LogP contribution is -2.24. The van der Waals surface area contributed by atoms with Crippen molar-refractivity contribution < 1.29 is 47.6 Å². The van der Waals surface area contributed by atoms with E-state index in [1.54, 1.807) is 144 Å². The minimum Gasteiger partial charge on any atom is -0.494 e. The maximum Gasteiger partial charge on any atom is 0.343 e. The van der Waals surface area contributed by atoms with Crippen molar-refractivity contribution in [1.29, 1.82) is 0 Å². The van der Waals surface area contributed by atoms with Gasteiger partial charge in [0.05, 0.1) is 35.5 Å². The zero-order valence-electron chi connectivity index (χ0n) is 41.1. The van der Waals surface area contributed by atoms with E-state index in [0.717, 1.165) is 73.0 Å². The summed E-state index contributed by atoms with van der Waals surface area (Å²) in [7, 11) is 0. The van der Waals surface area contributed by atoms with Crippen LogP contribution in [0.4, 0.5) is 0 Å². The fraction of sp³-hybridized carbons (Fsp3) is 0.500. The Morgan fingerprint density at radius 2 is 0.671 bits per heavy atom. The third-order valence-corrected chi connectivity index (χ3v) is 16.0. The first-order valence-corrected chi connectivity index (χ1v) is 29.8. The summed E-state index contributed by atoms with van der Waals surface area (Å²) in [6, 6.07) is 26.9. The largest absolute Gasteiger partial charge is 0.494 e. The molecular weight excluding hydrogens is 961 g/mol. The highest BCUT2D eigenvalue weighted by Crippen LogP contribution is 2.24. The third kappa shape index (κ3) is 22.5. The van der Waals surface area contributed by atoms with Crippen LogP contribution in [0.2, 0.25) is 0 Å². The Morgan fingerprint density at radius 1 is 0.386 bits per heavy atom. The molecule has 70 heavy (non-hydrogen) atoms. The second kappa shape index (κ2) is 34.2. The van der Waals surface area contributed by atoms with Gasteiger partial charge in [-0.05, 0) is 146 Å². The quantitative estimate of drug-likeness (QED) is 0.0376. The molecule has 0 radical (unpaired) electrons. The van der Waals surface area contributed by atoms with Crippen LogP contribution >= 0.6 is 47.0 Å². The summed E-state index contributed by atoms with van der Waals surface area (Å²) in [4.78, 5) is 52.2. The van der Waals surface area contributed by atoms with Gasteiger partial charge in [0.15, 0.2) is 0 Å². The third-order valence-electron chi connectivity index (χ3n) is 11.2. The molecular formula is C56H72O10S4. The van der Waals surface area contributed by atoms with E-state index in [2.05, 4.69) is 13.8 Å². The molecule has 0 unspecified atom stereocenters. The Bertz CT molecular complexity index is 1930. The summed E-state index contributed by atoms with van der Waals surface area (Å²) < 4.78 is 34.9. The van der Waals surface area contributed by atoms with Crippen molar-refractivity contribution >= 4 is 70.9 Å². The summed E-state index contributed by atoms with van der Waals surface area (Å²) in [6.07, 6.45) is 15.8. The van der Waals surface area contributed by atoms with Crippen LogP contribution in [0, 0.1) is 0 Å². The van der Waals surface area contributed by atoms with Crippen molar-refractivity contribution in [3.8, 4) is 23.0 Å². The molecule has 0 aromatic heterocycles. The molecule has 1 heterocycles. The first kappa shape index (κ1) is 56.7.